The third-order valence-corrected chi connectivity index (χ3v) is 9.38. The molecule has 2 amide bonds. The molecule has 1 aromatic rings. The summed E-state index contributed by atoms with van der Waals surface area (Å²) < 4.78 is 16.0. The molecule has 0 N–H and O–H groups in total. The molecule has 0 aliphatic carbocycles. The minimum atomic E-state index is -0.953. The molecule has 0 spiro atoms. The highest BCUT2D eigenvalue weighted by molar-refractivity contribution is 5.86. The van der Waals surface area contributed by atoms with E-state index in [4.69, 9.17) is 14.2 Å². The van der Waals surface area contributed by atoms with Crippen molar-refractivity contribution in [2.75, 3.05) is 85.9 Å². The molecule has 230 valence electrons. The van der Waals surface area contributed by atoms with Crippen LogP contribution in [0.2, 0.25) is 0 Å². The molecule has 42 heavy (non-hydrogen) atoms. The molecule has 4 saturated heterocycles. The minimum absolute atomic E-state index is 0.0101. The third-order valence-electron chi connectivity index (χ3n) is 9.38. The highest BCUT2D eigenvalue weighted by atomic mass is 16.5. The number of rotatable bonds is 9. The van der Waals surface area contributed by atoms with Crippen LogP contribution in [0.1, 0.15) is 44.1 Å². The summed E-state index contributed by atoms with van der Waals surface area (Å²) in [4.78, 5) is 44.2. The Balaban J connectivity index is 1.18. The number of nitrogens with zero attached hydrogens (tertiary/aromatic N) is 7. The normalized spacial score (nSPS) is 22.8. The van der Waals surface area contributed by atoms with E-state index in [9.17, 15) is 14.9 Å². The van der Waals surface area contributed by atoms with Gasteiger partial charge in [0.25, 0.3) is 0 Å². The summed E-state index contributed by atoms with van der Waals surface area (Å²) in [6.07, 6.45) is 8.08. The summed E-state index contributed by atoms with van der Waals surface area (Å²) in [7, 11) is 1.52. The summed E-state index contributed by atoms with van der Waals surface area (Å²) in [6.45, 7) is 8.80. The number of morpholine rings is 1. The van der Waals surface area contributed by atoms with Crippen LogP contribution in [0.15, 0.2) is 12.4 Å². The van der Waals surface area contributed by atoms with Crippen LogP contribution in [-0.2, 0) is 25.6 Å². The second kappa shape index (κ2) is 14.6. The van der Waals surface area contributed by atoms with Crippen molar-refractivity contribution in [1.82, 2.24) is 29.6 Å². The van der Waals surface area contributed by atoms with Crippen molar-refractivity contribution >= 4 is 11.8 Å². The van der Waals surface area contributed by atoms with Crippen LogP contribution in [-0.4, -0.2) is 133 Å². The molecule has 0 aromatic carbocycles. The second-order valence-electron chi connectivity index (χ2n) is 12.1. The Kier molecular flexibility index (Phi) is 10.6. The predicted octanol–water partition coefficient (Wildman–Crippen LogP) is 1.17. The van der Waals surface area contributed by atoms with Crippen LogP contribution in [0.25, 0.3) is 0 Å². The van der Waals surface area contributed by atoms with Crippen LogP contribution < -0.4 is 4.74 Å². The van der Waals surface area contributed by atoms with E-state index in [1.54, 1.807) is 12.4 Å². The standard InChI is InChI=1S/C30H45N7O5/c1-40-29-32-18-25(19-33-29)21-37(27(38)22-35-12-16-42-17-13-35)26-2-8-36(9-3-26)28(39)30(23-31)6-10-34(11-7-30)20-24-4-14-41-15-5-24/h18-19,24,26H,2-17,20-22H2,1H3. The van der Waals surface area contributed by atoms with E-state index in [0.29, 0.717) is 71.0 Å². The van der Waals surface area contributed by atoms with Gasteiger partial charge in [0.2, 0.25) is 11.8 Å². The number of amides is 2. The lowest BCUT2D eigenvalue weighted by atomic mass is 9.77. The summed E-state index contributed by atoms with van der Waals surface area (Å²) in [5, 5.41) is 10.2. The number of carbonyl (C=O) groups excluding carboxylic acids is 2. The first-order chi connectivity index (χ1) is 20.5. The van der Waals surface area contributed by atoms with Gasteiger partial charge >= 0.3 is 6.01 Å². The van der Waals surface area contributed by atoms with Crippen molar-refractivity contribution in [3.63, 3.8) is 0 Å². The predicted molar refractivity (Wildman–Crippen MR) is 153 cm³/mol. The lowest BCUT2D eigenvalue weighted by Crippen LogP contribution is -2.55. The van der Waals surface area contributed by atoms with Crippen LogP contribution in [0.4, 0.5) is 0 Å². The van der Waals surface area contributed by atoms with Gasteiger partial charge in [0.1, 0.15) is 5.41 Å². The zero-order valence-corrected chi connectivity index (χ0v) is 24.9. The van der Waals surface area contributed by atoms with Crippen LogP contribution in [0.3, 0.4) is 0 Å². The van der Waals surface area contributed by atoms with Gasteiger partial charge in [-0.3, -0.25) is 14.5 Å². The van der Waals surface area contributed by atoms with Gasteiger partial charge in [0, 0.05) is 89.6 Å². The summed E-state index contributed by atoms with van der Waals surface area (Å²) in [6, 6.07) is 2.72. The fraction of sp³-hybridized carbons (Fsp3) is 0.767. The number of hydrogen-bond donors (Lipinski definition) is 0. The van der Waals surface area contributed by atoms with Gasteiger partial charge in [0.15, 0.2) is 0 Å². The SMILES string of the molecule is COc1ncc(CN(C(=O)CN2CCOCC2)C2CCN(C(=O)C3(C#N)CCN(CC4CCOCC4)CC3)CC2)cn1. The van der Waals surface area contributed by atoms with Gasteiger partial charge in [-0.2, -0.15) is 5.26 Å². The molecule has 5 rings (SSSR count). The van der Waals surface area contributed by atoms with E-state index in [2.05, 4.69) is 25.8 Å². The Hall–Kier alpha value is -2.85. The Morgan fingerprint density at radius 2 is 1.62 bits per heavy atom. The Bertz CT molecular complexity index is 1070. The fourth-order valence-corrected chi connectivity index (χ4v) is 6.66. The van der Waals surface area contributed by atoms with E-state index in [0.717, 1.165) is 64.3 Å². The van der Waals surface area contributed by atoms with E-state index in [1.807, 2.05) is 9.80 Å². The maximum absolute atomic E-state index is 13.8. The molecule has 0 radical (unpaired) electrons. The minimum Gasteiger partial charge on any atom is -0.467 e. The van der Waals surface area contributed by atoms with Crippen LogP contribution in [0.5, 0.6) is 6.01 Å². The van der Waals surface area contributed by atoms with E-state index >= 15 is 0 Å². The van der Waals surface area contributed by atoms with Crippen LogP contribution >= 0.6 is 0 Å². The van der Waals surface area contributed by atoms with E-state index in [1.165, 1.54) is 7.11 Å². The summed E-state index contributed by atoms with van der Waals surface area (Å²) in [5.74, 6) is 0.660. The number of methoxy groups -OCH3 is 1. The van der Waals surface area contributed by atoms with Gasteiger partial charge in [-0.1, -0.05) is 0 Å². The number of ether oxygens (including phenoxy) is 3. The molecule has 5 heterocycles. The third kappa shape index (κ3) is 7.56. The molecule has 12 heteroatoms. The number of likely N-dealkylation sites (tertiary alicyclic amines) is 2. The number of hydrogen-bond acceptors (Lipinski definition) is 10. The smallest absolute Gasteiger partial charge is 0.316 e. The first-order valence-corrected chi connectivity index (χ1v) is 15.4. The molecule has 1 aromatic heterocycles. The Morgan fingerprint density at radius 3 is 2.24 bits per heavy atom. The molecule has 4 aliphatic rings. The number of nitriles is 1. The molecule has 4 aliphatic heterocycles. The first-order valence-electron chi connectivity index (χ1n) is 15.4. The van der Waals surface area contributed by atoms with E-state index in [-0.39, 0.29) is 23.9 Å². The largest absolute Gasteiger partial charge is 0.467 e. The van der Waals surface area contributed by atoms with Gasteiger partial charge in [-0.05, 0) is 44.4 Å². The number of carbonyl (C=O) groups is 2. The quantitative estimate of drug-likeness (QED) is 0.418. The average Bonchev–Trinajstić information content (AvgIpc) is 3.05. The van der Waals surface area contributed by atoms with Gasteiger partial charge < -0.3 is 28.9 Å². The van der Waals surface area contributed by atoms with Crippen molar-refractivity contribution in [3.05, 3.63) is 18.0 Å². The maximum atomic E-state index is 13.8. The lowest BCUT2D eigenvalue weighted by Gasteiger charge is -2.43. The molecular formula is C30H45N7O5. The Morgan fingerprint density at radius 1 is 0.976 bits per heavy atom. The lowest BCUT2D eigenvalue weighted by molar-refractivity contribution is -0.144. The zero-order chi connectivity index (χ0) is 29.4. The van der Waals surface area contributed by atoms with Crippen molar-refractivity contribution in [1.29, 1.82) is 5.26 Å². The van der Waals surface area contributed by atoms with Crippen molar-refractivity contribution < 1.29 is 23.8 Å². The average molecular weight is 584 g/mol. The monoisotopic (exact) mass is 583 g/mol. The molecule has 0 atom stereocenters. The maximum Gasteiger partial charge on any atom is 0.316 e. The number of aromatic nitrogens is 2. The van der Waals surface area contributed by atoms with Gasteiger partial charge in [0.05, 0.1) is 32.9 Å². The molecule has 0 unspecified atom stereocenters. The van der Waals surface area contributed by atoms with Gasteiger partial charge in [-0.25, -0.2) is 9.97 Å². The number of piperidine rings is 2. The van der Waals surface area contributed by atoms with Crippen molar-refractivity contribution in [2.45, 2.75) is 51.1 Å². The molecule has 4 fully saturated rings. The van der Waals surface area contributed by atoms with E-state index < -0.39 is 5.41 Å². The highest BCUT2D eigenvalue weighted by Crippen LogP contribution is 2.35. The zero-order valence-electron chi connectivity index (χ0n) is 24.9. The highest BCUT2D eigenvalue weighted by Gasteiger charge is 2.45. The fourth-order valence-electron chi connectivity index (χ4n) is 6.66. The van der Waals surface area contributed by atoms with Gasteiger partial charge in [-0.15, -0.1) is 0 Å². The molecular weight excluding hydrogens is 538 g/mol. The second-order valence-corrected chi connectivity index (χ2v) is 12.1. The topological polar surface area (TPSA) is 124 Å². The summed E-state index contributed by atoms with van der Waals surface area (Å²) >= 11 is 0. The molecule has 0 saturated carbocycles. The molecule has 12 nitrogen and oxygen atoms in total. The van der Waals surface area contributed by atoms with Crippen molar-refractivity contribution in [2.24, 2.45) is 11.3 Å². The van der Waals surface area contributed by atoms with Crippen LogP contribution in [0, 0.1) is 22.7 Å². The first kappa shape index (κ1) is 30.6. The molecule has 0 bridgehead atoms. The Labute approximate surface area is 248 Å². The van der Waals surface area contributed by atoms with Crippen molar-refractivity contribution in [3.8, 4) is 12.1 Å². The summed E-state index contributed by atoms with van der Waals surface area (Å²) in [5.41, 5.74) is -0.119.